The normalized spacial score (nSPS) is 22.5. The Morgan fingerprint density at radius 1 is 1.53 bits per heavy atom. The minimum absolute atomic E-state index is 0.0343. The maximum atomic E-state index is 12.2. The molecule has 2 rings (SSSR count). The van der Waals surface area contributed by atoms with Gasteiger partial charge in [0.1, 0.15) is 6.04 Å². The third-order valence-electron chi connectivity index (χ3n) is 3.31. The van der Waals surface area contributed by atoms with Gasteiger partial charge in [-0.25, -0.2) is 9.78 Å². The molecule has 1 fully saturated rings. The zero-order chi connectivity index (χ0) is 14.2. The summed E-state index contributed by atoms with van der Waals surface area (Å²) in [5.74, 6) is -2.00. The van der Waals surface area contributed by atoms with Crippen LogP contribution in [0.1, 0.15) is 23.8 Å². The summed E-state index contributed by atoms with van der Waals surface area (Å²) in [6.45, 7) is 2.10. The van der Waals surface area contributed by atoms with Gasteiger partial charge >= 0.3 is 11.8 Å². The van der Waals surface area contributed by atoms with Crippen molar-refractivity contribution in [1.82, 2.24) is 9.88 Å². The molecule has 1 amide bonds. The second-order valence-corrected chi connectivity index (χ2v) is 4.56. The molecule has 1 aromatic heterocycles. The summed E-state index contributed by atoms with van der Waals surface area (Å²) in [4.78, 5) is 36.8. The zero-order valence-electron chi connectivity index (χ0n) is 10.2. The van der Waals surface area contributed by atoms with Crippen LogP contribution < -0.4 is 0 Å². The Morgan fingerprint density at radius 2 is 2.21 bits per heavy atom. The van der Waals surface area contributed by atoms with E-state index in [0.717, 1.165) is 0 Å². The molecule has 1 aliphatic rings. The first kappa shape index (κ1) is 13.1. The molecule has 102 valence electrons. The molecule has 1 aromatic rings. The average molecular weight is 267 g/mol. The van der Waals surface area contributed by atoms with Crippen LogP contribution in [0.4, 0.5) is 5.82 Å². The number of H-pyrrole nitrogens is 1. The highest BCUT2D eigenvalue weighted by Crippen LogP contribution is 2.26. The molecule has 0 aromatic carbocycles. The van der Waals surface area contributed by atoms with Crippen molar-refractivity contribution < 1.29 is 19.6 Å². The molecule has 1 aliphatic heterocycles. The third-order valence-corrected chi connectivity index (χ3v) is 3.31. The number of hydrogen-bond acceptors (Lipinski definition) is 4. The van der Waals surface area contributed by atoms with Gasteiger partial charge in [-0.15, -0.1) is 0 Å². The van der Waals surface area contributed by atoms with Crippen LogP contribution in [0.15, 0.2) is 12.1 Å². The number of rotatable bonds is 3. The summed E-state index contributed by atoms with van der Waals surface area (Å²) >= 11 is 0. The maximum absolute atomic E-state index is 12.2. The van der Waals surface area contributed by atoms with Gasteiger partial charge in [0.15, 0.2) is 5.69 Å². The van der Waals surface area contributed by atoms with Crippen molar-refractivity contribution in [3.63, 3.8) is 0 Å². The third kappa shape index (κ3) is 2.28. The number of carbonyl (C=O) groups excluding carboxylic acids is 1. The fourth-order valence-corrected chi connectivity index (χ4v) is 2.32. The summed E-state index contributed by atoms with van der Waals surface area (Å²) < 4.78 is 0. The highest BCUT2D eigenvalue weighted by atomic mass is 16.6. The number of nitrogens with zero attached hydrogens (tertiary/aromatic N) is 2. The Morgan fingerprint density at radius 3 is 2.74 bits per heavy atom. The van der Waals surface area contributed by atoms with Crippen LogP contribution >= 0.6 is 0 Å². The molecular weight excluding hydrogens is 254 g/mol. The molecule has 1 saturated heterocycles. The summed E-state index contributed by atoms with van der Waals surface area (Å²) in [7, 11) is 0. The van der Waals surface area contributed by atoms with Crippen LogP contribution in [0, 0.1) is 16.0 Å². The largest absolute Gasteiger partial charge is 0.480 e. The molecule has 0 radical (unpaired) electrons. The zero-order valence-corrected chi connectivity index (χ0v) is 10.2. The van der Waals surface area contributed by atoms with Gasteiger partial charge in [0.25, 0.3) is 5.91 Å². The monoisotopic (exact) mass is 267 g/mol. The van der Waals surface area contributed by atoms with E-state index in [1.165, 1.54) is 17.0 Å². The van der Waals surface area contributed by atoms with Crippen LogP contribution in [0.5, 0.6) is 0 Å². The summed E-state index contributed by atoms with van der Waals surface area (Å²) in [6.07, 6.45) is 0.603. The van der Waals surface area contributed by atoms with Gasteiger partial charge in [0.05, 0.1) is 0 Å². The van der Waals surface area contributed by atoms with E-state index in [1.807, 2.05) is 0 Å². The number of carbonyl (C=O) groups is 2. The van der Waals surface area contributed by atoms with E-state index in [1.54, 1.807) is 6.92 Å². The fourth-order valence-electron chi connectivity index (χ4n) is 2.32. The molecule has 8 nitrogen and oxygen atoms in total. The second kappa shape index (κ2) is 4.71. The Balaban J connectivity index is 2.23. The predicted molar refractivity (Wildman–Crippen MR) is 63.7 cm³/mol. The number of aromatic nitrogens is 1. The SMILES string of the molecule is CC1CCN(C(=O)c2ccc([N+](=O)[O-])[nH]2)C1C(=O)O. The standard InChI is InChI=1S/C11H13N3O5/c1-6-4-5-13(9(6)11(16)17)10(15)7-2-3-8(12-7)14(18)19/h2-3,6,9,12H,4-5H2,1H3,(H,16,17). The van der Waals surface area contributed by atoms with Crippen molar-refractivity contribution >= 4 is 17.7 Å². The van der Waals surface area contributed by atoms with E-state index < -0.39 is 22.8 Å². The van der Waals surface area contributed by atoms with Gasteiger partial charge in [0.2, 0.25) is 0 Å². The smallest absolute Gasteiger partial charge is 0.326 e. The highest BCUT2D eigenvalue weighted by Gasteiger charge is 2.40. The van der Waals surface area contributed by atoms with Gasteiger partial charge in [-0.2, -0.15) is 0 Å². The van der Waals surface area contributed by atoms with Gasteiger partial charge in [-0.1, -0.05) is 6.92 Å². The topological polar surface area (TPSA) is 117 Å². The Hall–Kier alpha value is -2.38. The van der Waals surface area contributed by atoms with Crippen LogP contribution in [0.3, 0.4) is 0 Å². The van der Waals surface area contributed by atoms with Crippen LogP contribution in [0.25, 0.3) is 0 Å². The molecule has 19 heavy (non-hydrogen) atoms. The van der Waals surface area contributed by atoms with E-state index in [4.69, 9.17) is 5.11 Å². The molecule has 0 aliphatic carbocycles. The highest BCUT2D eigenvalue weighted by molar-refractivity contribution is 5.96. The number of likely N-dealkylation sites (tertiary alicyclic amines) is 1. The van der Waals surface area contributed by atoms with E-state index in [2.05, 4.69) is 4.98 Å². The quantitative estimate of drug-likeness (QED) is 0.622. The number of carboxylic acid groups (broad SMARTS) is 1. The average Bonchev–Trinajstić information content (AvgIpc) is 2.93. The molecule has 0 bridgehead atoms. The van der Waals surface area contributed by atoms with Crippen molar-refractivity contribution in [2.75, 3.05) is 6.54 Å². The van der Waals surface area contributed by atoms with E-state index in [9.17, 15) is 19.7 Å². The number of aromatic amines is 1. The Bertz CT molecular complexity index is 538. The summed E-state index contributed by atoms with van der Waals surface area (Å²) in [5, 5.41) is 19.7. The number of hydrogen-bond donors (Lipinski definition) is 2. The minimum Gasteiger partial charge on any atom is -0.480 e. The lowest BCUT2D eigenvalue weighted by Crippen LogP contribution is -2.42. The van der Waals surface area contributed by atoms with Crippen LogP contribution in [0.2, 0.25) is 0 Å². The van der Waals surface area contributed by atoms with Crippen molar-refractivity contribution in [2.24, 2.45) is 5.92 Å². The van der Waals surface area contributed by atoms with Crippen LogP contribution in [-0.4, -0.2) is 44.4 Å². The predicted octanol–water partition coefficient (Wildman–Crippen LogP) is 0.858. The van der Waals surface area contributed by atoms with Crippen molar-refractivity contribution in [3.05, 3.63) is 27.9 Å². The van der Waals surface area contributed by atoms with Crippen LogP contribution in [-0.2, 0) is 4.79 Å². The van der Waals surface area contributed by atoms with E-state index in [0.29, 0.717) is 13.0 Å². The molecule has 2 atom stereocenters. The number of nitrogens with one attached hydrogen (secondary N) is 1. The van der Waals surface area contributed by atoms with Crippen molar-refractivity contribution in [1.29, 1.82) is 0 Å². The second-order valence-electron chi connectivity index (χ2n) is 4.56. The first-order valence-electron chi connectivity index (χ1n) is 5.79. The van der Waals surface area contributed by atoms with Crippen molar-refractivity contribution in [2.45, 2.75) is 19.4 Å². The molecule has 0 spiro atoms. The molecule has 0 saturated carbocycles. The van der Waals surface area contributed by atoms with Gasteiger partial charge < -0.3 is 20.1 Å². The van der Waals surface area contributed by atoms with Crippen molar-refractivity contribution in [3.8, 4) is 0 Å². The molecule has 2 N–H and O–H groups in total. The fraction of sp³-hybridized carbons (Fsp3) is 0.455. The minimum atomic E-state index is -1.06. The first-order valence-corrected chi connectivity index (χ1v) is 5.79. The maximum Gasteiger partial charge on any atom is 0.326 e. The summed E-state index contributed by atoms with van der Waals surface area (Å²) in [5.41, 5.74) is 0.0343. The van der Waals surface area contributed by atoms with Gasteiger partial charge in [0, 0.05) is 12.6 Å². The molecular formula is C11H13N3O5. The lowest BCUT2D eigenvalue weighted by molar-refractivity contribution is -0.389. The molecule has 2 unspecified atom stereocenters. The number of amides is 1. The van der Waals surface area contributed by atoms with Gasteiger partial charge in [-0.3, -0.25) is 4.79 Å². The summed E-state index contributed by atoms with van der Waals surface area (Å²) in [6, 6.07) is 1.60. The lowest BCUT2D eigenvalue weighted by atomic mass is 10.0. The first-order chi connectivity index (χ1) is 8.91. The number of carboxylic acids is 1. The van der Waals surface area contributed by atoms with E-state index in [-0.39, 0.29) is 17.4 Å². The molecule has 8 heteroatoms. The Kier molecular flexibility index (Phi) is 3.24. The number of aliphatic carboxylic acids is 1. The van der Waals surface area contributed by atoms with E-state index >= 15 is 0 Å². The Labute approximate surface area is 108 Å². The number of nitro groups is 1. The molecule has 2 heterocycles. The lowest BCUT2D eigenvalue weighted by Gasteiger charge is -2.21. The van der Waals surface area contributed by atoms with Gasteiger partial charge in [-0.05, 0) is 23.3 Å².